The van der Waals surface area contributed by atoms with Crippen LogP contribution in [-0.2, 0) is 6.54 Å². The Balaban J connectivity index is 1.99. The van der Waals surface area contributed by atoms with Crippen LogP contribution in [0.1, 0.15) is 18.9 Å². The van der Waals surface area contributed by atoms with Crippen molar-refractivity contribution < 1.29 is 0 Å². The molecule has 1 unspecified atom stereocenters. The summed E-state index contributed by atoms with van der Waals surface area (Å²) in [5, 5.41) is 3.45. The highest BCUT2D eigenvalue weighted by Gasteiger charge is 2.16. The average Bonchev–Trinajstić information content (AvgIpc) is 2.48. The molecule has 2 nitrogen and oxygen atoms in total. The van der Waals surface area contributed by atoms with Crippen molar-refractivity contribution in [1.82, 2.24) is 10.2 Å². The molecule has 16 heavy (non-hydrogen) atoms. The predicted molar refractivity (Wildman–Crippen MR) is 71.5 cm³/mol. The minimum atomic E-state index is 0.679. The van der Waals surface area contributed by atoms with E-state index in [0.717, 1.165) is 30.7 Å². The molecule has 1 saturated heterocycles. The van der Waals surface area contributed by atoms with Crippen molar-refractivity contribution in [1.29, 1.82) is 0 Å². The monoisotopic (exact) mass is 282 g/mol. The Morgan fingerprint density at radius 1 is 1.31 bits per heavy atom. The SMILES string of the molecule is CC1CCNCCN1Cc1ccc(Br)cc1. The van der Waals surface area contributed by atoms with E-state index in [9.17, 15) is 0 Å². The van der Waals surface area contributed by atoms with E-state index in [1.807, 2.05) is 0 Å². The van der Waals surface area contributed by atoms with E-state index in [1.54, 1.807) is 0 Å². The molecule has 2 rings (SSSR count). The first-order valence-corrected chi connectivity index (χ1v) is 6.74. The number of halogens is 1. The number of nitrogens with one attached hydrogen (secondary N) is 1. The zero-order valence-electron chi connectivity index (χ0n) is 9.75. The van der Waals surface area contributed by atoms with Crippen molar-refractivity contribution in [2.45, 2.75) is 25.9 Å². The summed E-state index contributed by atoms with van der Waals surface area (Å²) in [5.74, 6) is 0. The largest absolute Gasteiger partial charge is 0.315 e. The van der Waals surface area contributed by atoms with Crippen LogP contribution in [0.4, 0.5) is 0 Å². The normalized spacial score (nSPS) is 23.0. The van der Waals surface area contributed by atoms with Crippen LogP contribution in [0.2, 0.25) is 0 Å². The van der Waals surface area contributed by atoms with Gasteiger partial charge in [0.15, 0.2) is 0 Å². The fourth-order valence-electron chi connectivity index (χ4n) is 2.12. The maximum atomic E-state index is 3.47. The molecule has 3 heteroatoms. The first kappa shape index (κ1) is 12.1. The van der Waals surface area contributed by atoms with Gasteiger partial charge < -0.3 is 5.32 Å². The highest BCUT2D eigenvalue weighted by molar-refractivity contribution is 9.10. The zero-order valence-corrected chi connectivity index (χ0v) is 11.3. The molecule has 1 aliphatic heterocycles. The van der Waals surface area contributed by atoms with E-state index in [0.29, 0.717) is 6.04 Å². The molecule has 1 aliphatic rings. The van der Waals surface area contributed by atoms with E-state index >= 15 is 0 Å². The lowest BCUT2D eigenvalue weighted by molar-refractivity contribution is 0.211. The number of rotatable bonds is 2. The van der Waals surface area contributed by atoms with Gasteiger partial charge in [-0.2, -0.15) is 0 Å². The van der Waals surface area contributed by atoms with Gasteiger partial charge in [-0.3, -0.25) is 4.90 Å². The lowest BCUT2D eigenvalue weighted by atomic mass is 10.1. The molecule has 1 N–H and O–H groups in total. The van der Waals surface area contributed by atoms with Crippen molar-refractivity contribution in [2.24, 2.45) is 0 Å². The Kier molecular flexibility index (Phi) is 4.38. The van der Waals surface area contributed by atoms with Crippen molar-refractivity contribution >= 4 is 15.9 Å². The van der Waals surface area contributed by atoms with Gasteiger partial charge in [0.05, 0.1) is 0 Å². The van der Waals surface area contributed by atoms with Crippen LogP contribution >= 0.6 is 15.9 Å². The van der Waals surface area contributed by atoms with E-state index in [2.05, 4.69) is 57.3 Å². The molecule has 1 atom stereocenters. The molecule has 0 bridgehead atoms. The van der Waals surface area contributed by atoms with Crippen LogP contribution in [0.15, 0.2) is 28.7 Å². The molecule has 0 aromatic heterocycles. The molecular formula is C13H19BrN2. The second-order valence-electron chi connectivity index (χ2n) is 4.48. The Morgan fingerprint density at radius 2 is 2.06 bits per heavy atom. The van der Waals surface area contributed by atoms with Gasteiger partial charge in [0.25, 0.3) is 0 Å². The van der Waals surface area contributed by atoms with Gasteiger partial charge in [-0.05, 0) is 37.6 Å². The third-order valence-electron chi connectivity index (χ3n) is 3.24. The van der Waals surface area contributed by atoms with Crippen molar-refractivity contribution in [2.75, 3.05) is 19.6 Å². The summed E-state index contributed by atoms with van der Waals surface area (Å²) in [6, 6.07) is 9.33. The number of hydrogen-bond donors (Lipinski definition) is 1. The summed E-state index contributed by atoms with van der Waals surface area (Å²) in [6.07, 6.45) is 1.25. The van der Waals surface area contributed by atoms with Gasteiger partial charge in [-0.15, -0.1) is 0 Å². The summed E-state index contributed by atoms with van der Waals surface area (Å²) < 4.78 is 1.15. The van der Waals surface area contributed by atoms with Gasteiger partial charge in [-0.25, -0.2) is 0 Å². The van der Waals surface area contributed by atoms with E-state index in [-0.39, 0.29) is 0 Å². The smallest absolute Gasteiger partial charge is 0.0237 e. The molecule has 1 aromatic carbocycles. The molecule has 0 amide bonds. The number of benzene rings is 1. The summed E-state index contributed by atoms with van der Waals surface area (Å²) >= 11 is 3.47. The van der Waals surface area contributed by atoms with Gasteiger partial charge in [0.1, 0.15) is 0 Å². The highest BCUT2D eigenvalue weighted by atomic mass is 79.9. The van der Waals surface area contributed by atoms with Crippen LogP contribution < -0.4 is 5.32 Å². The Bertz CT molecular complexity index is 323. The van der Waals surface area contributed by atoms with Crippen molar-refractivity contribution in [3.8, 4) is 0 Å². The molecule has 0 saturated carbocycles. The van der Waals surface area contributed by atoms with Crippen molar-refractivity contribution in [3.05, 3.63) is 34.3 Å². The summed E-state index contributed by atoms with van der Waals surface area (Å²) in [7, 11) is 0. The Morgan fingerprint density at radius 3 is 2.81 bits per heavy atom. The lowest BCUT2D eigenvalue weighted by Crippen LogP contribution is -2.33. The minimum absolute atomic E-state index is 0.679. The topological polar surface area (TPSA) is 15.3 Å². The first-order valence-electron chi connectivity index (χ1n) is 5.95. The maximum absolute atomic E-state index is 3.47. The van der Waals surface area contributed by atoms with Crippen LogP contribution in [-0.4, -0.2) is 30.6 Å². The van der Waals surface area contributed by atoms with E-state index < -0.39 is 0 Å². The minimum Gasteiger partial charge on any atom is -0.315 e. The summed E-state index contributed by atoms with van der Waals surface area (Å²) in [5.41, 5.74) is 1.40. The zero-order chi connectivity index (χ0) is 11.4. The standard InChI is InChI=1S/C13H19BrN2/c1-11-6-7-15-8-9-16(11)10-12-2-4-13(14)5-3-12/h2-5,11,15H,6-10H2,1H3. The quantitative estimate of drug-likeness (QED) is 0.897. The predicted octanol–water partition coefficient (Wildman–Crippen LogP) is 2.63. The average molecular weight is 283 g/mol. The second-order valence-corrected chi connectivity index (χ2v) is 5.40. The molecule has 0 aliphatic carbocycles. The third kappa shape index (κ3) is 3.30. The number of hydrogen-bond acceptors (Lipinski definition) is 2. The third-order valence-corrected chi connectivity index (χ3v) is 3.77. The van der Waals surface area contributed by atoms with Gasteiger partial charge in [0, 0.05) is 30.1 Å². The van der Waals surface area contributed by atoms with Crippen LogP contribution in [0.3, 0.4) is 0 Å². The van der Waals surface area contributed by atoms with Crippen LogP contribution in [0, 0.1) is 0 Å². The summed E-state index contributed by atoms with van der Waals surface area (Å²) in [6.45, 7) is 6.80. The molecular weight excluding hydrogens is 264 g/mol. The molecule has 0 spiro atoms. The van der Waals surface area contributed by atoms with E-state index in [4.69, 9.17) is 0 Å². The first-order chi connectivity index (χ1) is 7.75. The van der Waals surface area contributed by atoms with Gasteiger partial charge in [0.2, 0.25) is 0 Å². The van der Waals surface area contributed by atoms with Gasteiger partial charge >= 0.3 is 0 Å². The van der Waals surface area contributed by atoms with Crippen molar-refractivity contribution in [3.63, 3.8) is 0 Å². The fourth-order valence-corrected chi connectivity index (χ4v) is 2.39. The van der Waals surface area contributed by atoms with Crippen LogP contribution in [0.25, 0.3) is 0 Å². The highest BCUT2D eigenvalue weighted by Crippen LogP contribution is 2.15. The second kappa shape index (κ2) is 5.80. The lowest BCUT2D eigenvalue weighted by Gasteiger charge is -2.26. The molecule has 0 radical (unpaired) electrons. The number of nitrogens with zero attached hydrogens (tertiary/aromatic N) is 1. The molecule has 88 valence electrons. The Hall–Kier alpha value is -0.380. The summed E-state index contributed by atoms with van der Waals surface area (Å²) in [4.78, 5) is 2.56. The maximum Gasteiger partial charge on any atom is 0.0237 e. The van der Waals surface area contributed by atoms with Gasteiger partial charge in [-0.1, -0.05) is 28.1 Å². The molecule has 1 heterocycles. The fraction of sp³-hybridized carbons (Fsp3) is 0.538. The molecule has 1 aromatic rings. The van der Waals surface area contributed by atoms with E-state index in [1.165, 1.54) is 12.0 Å². The van der Waals surface area contributed by atoms with Crippen LogP contribution in [0.5, 0.6) is 0 Å². The Labute approximate surface area is 106 Å². The molecule has 1 fully saturated rings.